The van der Waals surface area contributed by atoms with Crippen molar-refractivity contribution >= 4 is 55.2 Å². The summed E-state index contributed by atoms with van der Waals surface area (Å²) < 4.78 is 76.8. The molecule has 0 spiro atoms. The molecule has 0 radical (unpaired) electrons. The molecule has 0 atom stereocenters. The van der Waals surface area contributed by atoms with Gasteiger partial charge in [0.1, 0.15) is 18.0 Å². The minimum Gasteiger partial charge on any atom is -0.488 e. The minimum atomic E-state index is -2.33. The molecule has 35 heavy (non-hydrogen) atoms. The maximum absolute atomic E-state index is 14.3. The summed E-state index contributed by atoms with van der Waals surface area (Å²) >= 11 is 6.69. The molecule has 1 heterocycles. The first kappa shape index (κ1) is 25.1. The van der Waals surface area contributed by atoms with E-state index in [0.717, 1.165) is 10.0 Å². The van der Waals surface area contributed by atoms with Gasteiger partial charge in [-0.15, -0.1) is 0 Å². The molecule has 0 aromatic heterocycles. The van der Waals surface area contributed by atoms with E-state index in [0.29, 0.717) is 15.8 Å². The van der Waals surface area contributed by atoms with Crippen LogP contribution in [-0.2, 0) is 11.4 Å². The van der Waals surface area contributed by atoms with Crippen LogP contribution in [0.15, 0.2) is 62.1 Å². The van der Waals surface area contributed by atoms with Crippen molar-refractivity contribution < 1.29 is 31.5 Å². The highest BCUT2D eigenvalue weighted by Gasteiger charge is 2.37. The maximum Gasteiger partial charge on any atom is 0.280 e. The summed E-state index contributed by atoms with van der Waals surface area (Å²) in [5.74, 6) is -11.7. The average molecular weight is 616 g/mol. The van der Waals surface area contributed by atoms with Gasteiger partial charge >= 0.3 is 0 Å². The highest BCUT2D eigenvalue weighted by atomic mass is 79.9. The second-order valence-corrected chi connectivity index (χ2v) is 9.21. The number of hydrogen-bond acceptors (Lipinski definition) is 3. The minimum absolute atomic E-state index is 0.0118. The lowest BCUT2D eigenvalue weighted by atomic mass is 10.1. The van der Waals surface area contributed by atoms with E-state index in [2.05, 4.69) is 37.0 Å². The highest BCUT2D eigenvalue weighted by molar-refractivity contribution is 9.10. The van der Waals surface area contributed by atoms with E-state index in [-0.39, 0.29) is 22.9 Å². The van der Waals surface area contributed by atoms with E-state index < -0.39 is 40.7 Å². The molecular formula is C24H13Br2F5N2O2. The van der Waals surface area contributed by atoms with E-state index in [1.165, 1.54) is 13.0 Å². The Morgan fingerprint density at radius 2 is 1.46 bits per heavy atom. The van der Waals surface area contributed by atoms with Crippen LogP contribution in [0, 0.1) is 29.1 Å². The van der Waals surface area contributed by atoms with Crippen LogP contribution in [-0.4, -0.2) is 11.6 Å². The Hall–Kier alpha value is -3.05. The van der Waals surface area contributed by atoms with Crippen molar-refractivity contribution in [3.8, 4) is 5.75 Å². The monoisotopic (exact) mass is 614 g/mol. The van der Waals surface area contributed by atoms with Gasteiger partial charge in [-0.3, -0.25) is 4.79 Å². The van der Waals surface area contributed by atoms with Crippen molar-refractivity contribution in [2.75, 3.05) is 5.01 Å². The molecule has 1 aliphatic rings. The van der Waals surface area contributed by atoms with Crippen LogP contribution in [0.25, 0.3) is 6.08 Å². The van der Waals surface area contributed by atoms with E-state index in [4.69, 9.17) is 4.74 Å². The van der Waals surface area contributed by atoms with Gasteiger partial charge in [0.25, 0.3) is 5.91 Å². The molecule has 0 fully saturated rings. The normalized spacial score (nSPS) is 14.6. The lowest BCUT2D eigenvalue weighted by Crippen LogP contribution is -2.25. The number of nitrogens with zero attached hydrogens (tertiary/aromatic N) is 2. The Bertz CT molecular complexity index is 1380. The summed E-state index contributed by atoms with van der Waals surface area (Å²) in [7, 11) is 0. The molecule has 0 aliphatic carbocycles. The second-order valence-electron chi connectivity index (χ2n) is 7.38. The Kier molecular flexibility index (Phi) is 7.09. The molecule has 4 nitrogen and oxygen atoms in total. The van der Waals surface area contributed by atoms with Crippen molar-refractivity contribution in [3.05, 3.63) is 97.2 Å². The Morgan fingerprint density at radius 1 is 0.886 bits per heavy atom. The Labute approximate surface area is 213 Å². The number of rotatable bonds is 5. The van der Waals surface area contributed by atoms with Gasteiger partial charge in [0.2, 0.25) is 5.82 Å². The second kappa shape index (κ2) is 9.90. The molecule has 1 aliphatic heterocycles. The summed E-state index contributed by atoms with van der Waals surface area (Å²) in [6.45, 7) is 1.58. The molecule has 3 aromatic rings. The number of hydrazone groups is 1. The lowest BCUT2D eigenvalue weighted by molar-refractivity contribution is -0.114. The third-order valence-electron chi connectivity index (χ3n) is 5.04. The van der Waals surface area contributed by atoms with Gasteiger partial charge < -0.3 is 4.74 Å². The summed E-state index contributed by atoms with van der Waals surface area (Å²) in [6, 6.07) is 12.5. The van der Waals surface area contributed by atoms with Crippen LogP contribution < -0.4 is 9.75 Å². The lowest BCUT2D eigenvalue weighted by Gasteiger charge is -2.15. The zero-order valence-corrected chi connectivity index (χ0v) is 20.9. The van der Waals surface area contributed by atoms with Crippen LogP contribution in [0.3, 0.4) is 0 Å². The largest absolute Gasteiger partial charge is 0.488 e. The van der Waals surface area contributed by atoms with Crippen LogP contribution in [0.5, 0.6) is 5.75 Å². The Morgan fingerprint density at radius 3 is 2.09 bits per heavy atom. The quantitative estimate of drug-likeness (QED) is 0.131. The molecule has 1 amide bonds. The molecular weight excluding hydrogens is 603 g/mol. The zero-order chi connectivity index (χ0) is 25.4. The van der Waals surface area contributed by atoms with Crippen molar-refractivity contribution in [2.45, 2.75) is 13.5 Å². The van der Waals surface area contributed by atoms with E-state index in [1.54, 1.807) is 18.2 Å². The van der Waals surface area contributed by atoms with Gasteiger partial charge in [0, 0.05) is 14.5 Å². The summed E-state index contributed by atoms with van der Waals surface area (Å²) in [4.78, 5) is 13.0. The molecule has 4 rings (SSSR count). The first-order valence-corrected chi connectivity index (χ1v) is 11.5. The molecule has 0 N–H and O–H groups in total. The van der Waals surface area contributed by atoms with Gasteiger partial charge in [-0.05, 0) is 48.9 Å². The maximum atomic E-state index is 14.3. The predicted octanol–water partition coefficient (Wildman–Crippen LogP) is 7.29. The van der Waals surface area contributed by atoms with Crippen LogP contribution >= 0.6 is 31.9 Å². The smallest absolute Gasteiger partial charge is 0.280 e. The number of carbonyl (C=O) groups is 1. The number of benzene rings is 3. The zero-order valence-electron chi connectivity index (χ0n) is 17.7. The third-order valence-corrected chi connectivity index (χ3v) is 6.06. The van der Waals surface area contributed by atoms with Crippen LogP contribution in [0.4, 0.5) is 27.6 Å². The fourth-order valence-electron chi connectivity index (χ4n) is 3.28. The molecule has 0 saturated carbocycles. The van der Waals surface area contributed by atoms with E-state index in [1.807, 2.05) is 24.3 Å². The van der Waals surface area contributed by atoms with Crippen molar-refractivity contribution in [1.82, 2.24) is 0 Å². The molecule has 3 aromatic carbocycles. The molecule has 11 heteroatoms. The number of carbonyl (C=O) groups excluding carboxylic acids is 1. The number of halogens is 7. The fraction of sp³-hybridized carbons (Fsp3) is 0.0833. The third kappa shape index (κ3) is 4.87. The predicted molar refractivity (Wildman–Crippen MR) is 127 cm³/mol. The fourth-order valence-corrected chi connectivity index (χ4v) is 3.92. The van der Waals surface area contributed by atoms with E-state index >= 15 is 0 Å². The SMILES string of the molecule is CC1=NN(c2c(F)c(F)c(F)c(F)c2F)C(=O)/C1=C/c1cc(Br)ccc1OCc1ccc(Br)cc1. The highest BCUT2D eigenvalue weighted by Crippen LogP contribution is 2.35. The van der Waals surface area contributed by atoms with E-state index in [9.17, 15) is 26.7 Å². The topological polar surface area (TPSA) is 41.9 Å². The van der Waals surface area contributed by atoms with Gasteiger partial charge in [-0.25, -0.2) is 22.0 Å². The Balaban J connectivity index is 1.69. The standard InChI is InChI=1S/C24H13Br2F5N2O2/c1-11-16(24(34)33(32-11)23-21(30)19(28)18(27)20(29)22(23)31)9-13-8-15(26)6-7-17(13)35-10-12-2-4-14(25)5-3-12/h2-9H,10H2,1H3/b16-9+. The molecule has 0 saturated heterocycles. The number of amides is 1. The van der Waals surface area contributed by atoms with Crippen LogP contribution in [0.1, 0.15) is 18.1 Å². The van der Waals surface area contributed by atoms with Crippen LogP contribution in [0.2, 0.25) is 0 Å². The number of anilines is 1. The summed E-state index contributed by atoms with van der Waals surface area (Å²) in [6.07, 6.45) is 1.37. The molecule has 180 valence electrons. The van der Waals surface area contributed by atoms with Crippen molar-refractivity contribution in [3.63, 3.8) is 0 Å². The summed E-state index contributed by atoms with van der Waals surface area (Å²) in [5.41, 5.74) is -0.246. The summed E-state index contributed by atoms with van der Waals surface area (Å²) in [5, 5.41) is 3.91. The van der Waals surface area contributed by atoms with Crippen molar-refractivity contribution in [1.29, 1.82) is 0 Å². The number of ether oxygens (including phenoxy) is 1. The first-order valence-electron chi connectivity index (χ1n) is 9.88. The first-order chi connectivity index (χ1) is 16.6. The van der Waals surface area contributed by atoms with Gasteiger partial charge in [0.15, 0.2) is 23.3 Å². The van der Waals surface area contributed by atoms with Gasteiger partial charge in [-0.1, -0.05) is 44.0 Å². The molecule has 0 unspecified atom stereocenters. The molecule has 0 bridgehead atoms. The average Bonchev–Trinajstić information content (AvgIpc) is 3.10. The van der Waals surface area contributed by atoms with Crippen molar-refractivity contribution in [2.24, 2.45) is 5.10 Å². The van der Waals surface area contributed by atoms with Gasteiger partial charge in [0.05, 0.1) is 11.3 Å². The number of hydrogen-bond donors (Lipinski definition) is 0. The van der Waals surface area contributed by atoms with Gasteiger partial charge in [-0.2, -0.15) is 10.1 Å².